The Morgan fingerprint density at radius 2 is 1.68 bits per heavy atom. The highest BCUT2D eigenvalue weighted by Gasteiger charge is 2.39. The van der Waals surface area contributed by atoms with Crippen LogP contribution in [0.1, 0.15) is 30.0 Å². The van der Waals surface area contributed by atoms with Crippen molar-refractivity contribution in [2.24, 2.45) is 0 Å². The lowest BCUT2D eigenvalue weighted by Gasteiger charge is -2.45. The molecule has 5 heteroatoms. The van der Waals surface area contributed by atoms with Crippen molar-refractivity contribution < 1.29 is 0 Å². The average molecular weight is 378 g/mol. The predicted molar refractivity (Wildman–Crippen MR) is 112 cm³/mol. The molecule has 4 atom stereocenters. The molecule has 2 aromatic rings. The third-order valence-corrected chi connectivity index (χ3v) is 6.70. The molecule has 2 aromatic carbocycles. The summed E-state index contributed by atoms with van der Waals surface area (Å²) in [5.74, 6) is 0. The Morgan fingerprint density at radius 3 is 2.50 bits per heavy atom. The van der Waals surface area contributed by atoms with Gasteiger partial charge < -0.3 is 0 Å². The Bertz CT molecular complexity index is 752. The van der Waals surface area contributed by atoms with Crippen LogP contribution < -0.4 is 16.4 Å². The standard InChI is InChI=1S/C23H31N5/c1-3-8-18(9-4-1)14-21-16-27-13-7-12-20(27)15-28(21)17-22-23(25-26-24-22)19-10-5-2-6-11-19/h1-6,8-11,20-26H,7,12-17H2/t20-,21+,22?,23?/m0/s1. The number of benzene rings is 2. The number of hydrazine groups is 2. The van der Waals surface area contributed by atoms with E-state index in [9.17, 15) is 0 Å². The first-order valence-electron chi connectivity index (χ1n) is 10.7. The summed E-state index contributed by atoms with van der Waals surface area (Å²) in [7, 11) is 0. The second kappa shape index (κ2) is 8.31. The minimum Gasteiger partial charge on any atom is -0.298 e. The van der Waals surface area contributed by atoms with Crippen LogP contribution >= 0.6 is 0 Å². The molecule has 3 heterocycles. The molecule has 0 aliphatic carbocycles. The number of fused-ring (bicyclic) bond motifs is 1. The maximum atomic E-state index is 3.48. The SMILES string of the molecule is c1ccc(C[C@@H]2CN3CCC[C@H]3CN2CC2NNNC2c2ccccc2)cc1. The lowest BCUT2D eigenvalue weighted by molar-refractivity contribution is 0.0440. The van der Waals surface area contributed by atoms with E-state index in [1.165, 1.54) is 43.6 Å². The number of nitrogens with one attached hydrogen (secondary N) is 3. The lowest BCUT2D eigenvalue weighted by Crippen LogP contribution is -2.59. The fourth-order valence-electron chi connectivity index (χ4n) is 5.23. The van der Waals surface area contributed by atoms with Crippen molar-refractivity contribution in [3.05, 3.63) is 71.8 Å². The maximum absolute atomic E-state index is 3.48. The van der Waals surface area contributed by atoms with Crippen LogP contribution in [0.15, 0.2) is 60.7 Å². The van der Waals surface area contributed by atoms with Crippen molar-refractivity contribution in [1.82, 2.24) is 26.2 Å². The molecule has 0 aromatic heterocycles. The van der Waals surface area contributed by atoms with Crippen LogP contribution in [0.2, 0.25) is 0 Å². The van der Waals surface area contributed by atoms with Gasteiger partial charge in [0.2, 0.25) is 0 Å². The van der Waals surface area contributed by atoms with E-state index in [1.54, 1.807) is 0 Å². The van der Waals surface area contributed by atoms with Gasteiger partial charge >= 0.3 is 0 Å². The molecule has 0 amide bonds. The molecule has 148 valence electrons. The van der Waals surface area contributed by atoms with E-state index in [0.29, 0.717) is 18.1 Å². The molecule has 3 N–H and O–H groups in total. The van der Waals surface area contributed by atoms with E-state index in [-0.39, 0.29) is 0 Å². The van der Waals surface area contributed by atoms with E-state index < -0.39 is 0 Å². The van der Waals surface area contributed by atoms with E-state index >= 15 is 0 Å². The van der Waals surface area contributed by atoms with Crippen molar-refractivity contribution in [1.29, 1.82) is 0 Å². The van der Waals surface area contributed by atoms with Gasteiger partial charge in [0.25, 0.3) is 0 Å². The summed E-state index contributed by atoms with van der Waals surface area (Å²) in [4.78, 5) is 5.49. The van der Waals surface area contributed by atoms with Crippen molar-refractivity contribution in [3.8, 4) is 0 Å². The number of nitrogens with zero attached hydrogens (tertiary/aromatic N) is 2. The second-order valence-electron chi connectivity index (χ2n) is 8.50. The Kier molecular flexibility index (Phi) is 5.43. The number of hydrogen-bond donors (Lipinski definition) is 3. The van der Waals surface area contributed by atoms with Gasteiger partial charge in [-0.2, -0.15) is 5.53 Å². The van der Waals surface area contributed by atoms with Crippen LogP contribution in [-0.2, 0) is 6.42 Å². The van der Waals surface area contributed by atoms with Crippen molar-refractivity contribution in [3.63, 3.8) is 0 Å². The zero-order chi connectivity index (χ0) is 18.8. The molecule has 3 saturated heterocycles. The van der Waals surface area contributed by atoms with E-state index in [0.717, 1.165) is 19.0 Å². The lowest BCUT2D eigenvalue weighted by atomic mass is 9.96. The highest BCUT2D eigenvalue weighted by atomic mass is 15.7. The van der Waals surface area contributed by atoms with Gasteiger partial charge in [-0.1, -0.05) is 60.7 Å². The van der Waals surface area contributed by atoms with Gasteiger partial charge in [-0.25, -0.2) is 10.9 Å². The molecule has 3 aliphatic rings. The largest absolute Gasteiger partial charge is 0.298 e. The zero-order valence-corrected chi connectivity index (χ0v) is 16.4. The molecule has 0 bridgehead atoms. The quantitative estimate of drug-likeness (QED) is 0.745. The predicted octanol–water partition coefficient (Wildman–Crippen LogP) is 2.10. The van der Waals surface area contributed by atoms with Crippen LogP contribution in [0, 0.1) is 0 Å². The average Bonchev–Trinajstić information content (AvgIpc) is 3.39. The molecule has 0 radical (unpaired) electrons. The Hall–Kier alpha value is -1.76. The van der Waals surface area contributed by atoms with Crippen LogP contribution in [0.5, 0.6) is 0 Å². The normalized spacial score (nSPS) is 31.1. The molecule has 5 rings (SSSR count). The van der Waals surface area contributed by atoms with Gasteiger partial charge in [-0.15, -0.1) is 0 Å². The molecule has 3 fully saturated rings. The first-order valence-corrected chi connectivity index (χ1v) is 10.7. The number of rotatable bonds is 5. The van der Waals surface area contributed by atoms with Gasteiger partial charge in [0.15, 0.2) is 0 Å². The maximum Gasteiger partial charge on any atom is 0.0655 e. The second-order valence-corrected chi connectivity index (χ2v) is 8.50. The molecule has 0 spiro atoms. The van der Waals surface area contributed by atoms with Crippen LogP contribution in [0.25, 0.3) is 0 Å². The topological polar surface area (TPSA) is 42.6 Å². The molecule has 2 unspecified atom stereocenters. The van der Waals surface area contributed by atoms with Gasteiger partial charge in [0.1, 0.15) is 0 Å². The molecule has 0 saturated carbocycles. The highest BCUT2D eigenvalue weighted by Crippen LogP contribution is 2.28. The monoisotopic (exact) mass is 377 g/mol. The zero-order valence-electron chi connectivity index (χ0n) is 16.4. The van der Waals surface area contributed by atoms with Crippen molar-refractivity contribution in [2.75, 3.05) is 26.2 Å². The first-order chi connectivity index (χ1) is 13.9. The summed E-state index contributed by atoms with van der Waals surface area (Å²) in [5, 5.41) is 0. The van der Waals surface area contributed by atoms with Gasteiger partial charge in [-0.3, -0.25) is 9.80 Å². The summed E-state index contributed by atoms with van der Waals surface area (Å²) in [5.41, 5.74) is 12.9. The van der Waals surface area contributed by atoms with Crippen LogP contribution in [-0.4, -0.2) is 54.1 Å². The van der Waals surface area contributed by atoms with Gasteiger partial charge in [-0.05, 0) is 36.9 Å². The fourth-order valence-corrected chi connectivity index (χ4v) is 5.23. The van der Waals surface area contributed by atoms with Crippen molar-refractivity contribution in [2.45, 2.75) is 43.4 Å². The van der Waals surface area contributed by atoms with Crippen LogP contribution in [0.3, 0.4) is 0 Å². The highest BCUT2D eigenvalue weighted by molar-refractivity contribution is 5.22. The molecule has 3 aliphatic heterocycles. The Morgan fingerprint density at radius 1 is 0.893 bits per heavy atom. The third-order valence-electron chi connectivity index (χ3n) is 6.70. The molecular formula is C23H31N5. The van der Waals surface area contributed by atoms with E-state index in [1.807, 2.05) is 0 Å². The number of piperazine rings is 1. The molecule has 5 nitrogen and oxygen atoms in total. The summed E-state index contributed by atoms with van der Waals surface area (Å²) in [6.45, 7) is 4.73. The fraction of sp³-hybridized carbons (Fsp3) is 0.478. The summed E-state index contributed by atoms with van der Waals surface area (Å²) < 4.78 is 0. The smallest absolute Gasteiger partial charge is 0.0655 e. The van der Waals surface area contributed by atoms with Gasteiger partial charge in [0, 0.05) is 31.7 Å². The van der Waals surface area contributed by atoms with E-state index in [2.05, 4.69) is 86.8 Å². The molecular weight excluding hydrogens is 346 g/mol. The van der Waals surface area contributed by atoms with Crippen LogP contribution in [0.4, 0.5) is 0 Å². The Balaban J connectivity index is 1.33. The minimum atomic E-state index is 0.292. The third kappa shape index (κ3) is 3.86. The number of hydrogen-bond acceptors (Lipinski definition) is 5. The van der Waals surface area contributed by atoms with Gasteiger partial charge in [0.05, 0.1) is 12.1 Å². The van der Waals surface area contributed by atoms with E-state index in [4.69, 9.17) is 0 Å². The van der Waals surface area contributed by atoms with Crippen molar-refractivity contribution >= 4 is 0 Å². The molecule has 28 heavy (non-hydrogen) atoms. The summed E-state index contributed by atoms with van der Waals surface area (Å²) in [6.07, 6.45) is 3.84. The minimum absolute atomic E-state index is 0.292. The Labute approximate surface area is 168 Å². The summed E-state index contributed by atoms with van der Waals surface area (Å²) >= 11 is 0. The summed E-state index contributed by atoms with van der Waals surface area (Å²) in [6, 6.07) is 23.7. The first kappa shape index (κ1) is 18.3.